The van der Waals surface area contributed by atoms with Crippen molar-refractivity contribution in [2.24, 2.45) is 11.8 Å². The molecule has 4 aliphatic rings. The smallest absolute Gasteiger partial charge is 0.343 e. The second-order valence-corrected chi connectivity index (χ2v) is 13.2. The number of halogens is 1. The standard InChI is InChI=1S/C41H29ClN2O6/c1-23-14-16-25(17-15-23)41(49)50-26-20-18-24(19-21-26)33(45)22-43(38(46)31-12-6-7-13-32(31)42)44-39(47)36-34-27-8-2-3-9-28(27)35(37(36)40(44)48)30-11-5-4-10-29(30)34/h2-21,34-37H,22H2,1H3/t34?,35?,36-,37-/m1/s1. The van der Waals surface area contributed by atoms with E-state index < -0.39 is 47.9 Å². The number of carbonyl (C=O) groups excluding carboxylic acids is 5. The maximum Gasteiger partial charge on any atom is 0.343 e. The van der Waals surface area contributed by atoms with Crippen molar-refractivity contribution in [1.29, 1.82) is 0 Å². The lowest BCUT2D eigenvalue weighted by atomic mass is 9.55. The fraction of sp³-hybridized carbons (Fsp3) is 0.146. The molecule has 5 aromatic rings. The van der Waals surface area contributed by atoms with Gasteiger partial charge in [-0.2, -0.15) is 5.01 Å². The highest BCUT2D eigenvalue weighted by Crippen LogP contribution is 2.61. The topological polar surface area (TPSA) is 101 Å². The van der Waals surface area contributed by atoms with Gasteiger partial charge in [0.15, 0.2) is 5.78 Å². The molecule has 246 valence electrons. The summed E-state index contributed by atoms with van der Waals surface area (Å²) >= 11 is 6.44. The normalized spacial score (nSPS) is 19.8. The number of hydrogen-bond acceptors (Lipinski definition) is 6. The predicted octanol–water partition coefficient (Wildman–Crippen LogP) is 7.00. The number of hydrogen-bond donors (Lipinski definition) is 0. The number of ketones is 1. The molecule has 50 heavy (non-hydrogen) atoms. The Hall–Kier alpha value is -5.86. The van der Waals surface area contributed by atoms with Crippen molar-refractivity contribution in [1.82, 2.24) is 10.0 Å². The molecule has 0 spiro atoms. The summed E-state index contributed by atoms with van der Waals surface area (Å²) in [4.78, 5) is 69.8. The zero-order valence-electron chi connectivity index (χ0n) is 26.8. The molecule has 5 aromatic carbocycles. The molecular weight excluding hydrogens is 652 g/mol. The fourth-order valence-electron chi connectivity index (χ4n) is 7.70. The Bertz CT molecular complexity index is 2120. The highest BCUT2D eigenvalue weighted by Gasteiger charge is 2.63. The first-order valence-corrected chi connectivity index (χ1v) is 16.6. The molecular formula is C41H29ClN2O6. The van der Waals surface area contributed by atoms with Crippen molar-refractivity contribution >= 4 is 41.1 Å². The molecule has 1 saturated heterocycles. The molecule has 0 saturated carbocycles. The van der Waals surface area contributed by atoms with E-state index in [2.05, 4.69) is 0 Å². The fourth-order valence-corrected chi connectivity index (χ4v) is 7.91. The van der Waals surface area contributed by atoms with Crippen molar-refractivity contribution in [3.05, 3.63) is 171 Å². The number of benzene rings is 5. The number of hydrazine groups is 1. The Kier molecular flexibility index (Phi) is 7.68. The summed E-state index contributed by atoms with van der Waals surface area (Å²) in [6.45, 7) is 1.30. The van der Waals surface area contributed by atoms with E-state index in [-0.39, 0.29) is 33.7 Å². The van der Waals surface area contributed by atoms with Crippen molar-refractivity contribution in [2.75, 3.05) is 6.54 Å². The molecule has 0 aromatic heterocycles. The quantitative estimate of drug-likeness (QED) is 0.0794. The lowest BCUT2D eigenvalue weighted by Gasteiger charge is -2.45. The third-order valence-corrected chi connectivity index (χ3v) is 10.3. The number of carbonyl (C=O) groups is 5. The maximum atomic E-state index is 14.5. The predicted molar refractivity (Wildman–Crippen MR) is 185 cm³/mol. The molecule has 3 amide bonds. The molecule has 1 fully saturated rings. The van der Waals surface area contributed by atoms with Gasteiger partial charge in [0.05, 0.1) is 28.0 Å². The third-order valence-electron chi connectivity index (χ3n) is 9.97. The molecule has 8 nitrogen and oxygen atoms in total. The maximum absolute atomic E-state index is 14.5. The number of esters is 1. The van der Waals surface area contributed by atoms with Crippen LogP contribution >= 0.6 is 11.6 Å². The second-order valence-electron chi connectivity index (χ2n) is 12.8. The molecule has 2 atom stereocenters. The number of nitrogens with zero attached hydrogens (tertiary/aromatic N) is 2. The van der Waals surface area contributed by atoms with Gasteiger partial charge in [0.25, 0.3) is 17.7 Å². The minimum Gasteiger partial charge on any atom is -0.423 e. The van der Waals surface area contributed by atoms with Crippen LogP contribution in [-0.2, 0) is 9.59 Å². The van der Waals surface area contributed by atoms with E-state index >= 15 is 0 Å². The van der Waals surface area contributed by atoms with Crippen LogP contribution in [0.1, 0.15) is 70.7 Å². The highest BCUT2D eigenvalue weighted by molar-refractivity contribution is 6.34. The van der Waals surface area contributed by atoms with Crippen molar-refractivity contribution in [3.63, 3.8) is 0 Å². The molecule has 0 radical (unpaired) electrons. The summed E-state index contributed by atoms with van der Waals surface area (Å²) in [6, 6.07) is 34.9. The first-order valence-electron chi connectivity index (χ1n) is 16.3. The minimum atomic E-state index is -0.754. The molecule has 9 heteroatoms. The average Bonchev–Trinajstić information content (AvgIpc) is 3.40. The summed E-state index contributed by atoms with van der Waals surface area (Å²) in [5, 5.41) is 1.94. The van der Waals surface area contributed by atoms with Crippen LogP contribution in [0.5, 0.6) is 5.75 Å². The number of aryl methyl sites for hydroxylation is 1. The van der Waals surface area contributed by atoms with E-state index in [9.17, 15) is 24.0 Å². The van der Waals surface area contributed by atoms with E-state index in [1.54, 1.807) is 36.4 Å². The highest BCUT2D eigenvalue weighted by atomic mass is 35.5. The molecule has 0 N–H and O–H groups in total. The van der Waals surface area contributed by atoms with Gasteiger partial charge in [-0.3, -0.25) is 19.2 Å². The van der Waals surface area contributed by atoms with Gasteiger partial charge in [-0.25, -0.2) is 9.80 Å². The molecule has 1 heterocycles. The SMILES string of the molecule is Cc1ccc(C(=O)Oc2ccc(C(=O)CN(C(=O)c3ccccc3Cl)N3C(=O)[C@@H]4C5c6ccccc6C(c6ccccc65)[C@H]4C3=O)cc2)cc1. The van der Waals surface area contributed by atoms with Crippen LogP contribution in [0.4, 0.5) is 0 Å². The van der Waals surface area contributed by atoms with Gasteiger partial charge in [-0.15, -0.1) is 0 Å². The number of ether oxygens (including phenoxy) is 1. The Labute approximate surface area is 292 Å². The van der Waals surface area contributed by atoms with Crippen molar-refractivity contribution < 1.29 is 28.7 Å². The monoisotopic (exact) mass is 680 g/mol. The van der Waals surface area contributed by atoms with Gasteiger partial charge in [-0.1, -0.05) is 90.0 Å². The van der Waals surface area contributed by atoms with Crippen LogP contribution in [-0.4, -0.2) is 46.0 Å². The second kappa shape index (κ2) is 12.2. The van der Waals surface area contributed by atoms with Crippen molar-refractivity contribution in [2.45, 2.75) is 18.8 Å². The van der Waals surface area contributed by atoms with E-state index in [0.29, 0.717) is 5.56 Å². The summed E-state index contributed by atoms with van der Waals surface area (Å²) in [5.41, 5.74) is 5.58. The van der Waals surface area contributed by atoms with Crippen LogP contribution in [0.15, 0.2) is 121 Å². The molecule has 3 aliphatic carbocycles. The van der Waals surface area contributed by atoms with Crippen LogP contribution in [0.3, 0.4) is 0 Å². The Morgan fingerprint density at radius 2 is 1.14 bits per heavy atom. The van der Waals surface area contributed by atoms with E-state index in [1.807, 2.05) is 55.5 Å². The minimum absolute atomic E-state index is 0.0466. The van der Waals surface area contributed by atoms with E-state index in [0.717, 1.165) is 37.8 Å². The van der Waals surface area contributed by atoms with Gasteiger partial charge in [0.2, 0.25) is 0 Å². The number of imide groups is 1. The average molecular weight is 681 g/mol. The Morgan fingerprint density at radius 3 is 1.66 bits per heavy atom. The van der Waals surface area contributed by atoms with Crippen LogP contribution in [0.25, 0.3) is 0 Å². The number of Topliss-reactive ketones (excluding diaryl/α,β-unsaturated/α-hetero) is 1. The van der Waals surface area contributed by atoms with Crippen LogP contribution in [0.2, 0.25) is 5.02 Å². The third kappa shape index (κ3) is 5.02. The molecule has 0 unspecified atom stereocenters. The van der Waals surface area contributed by atoms with Crippen molar-refractivity contribution in [3.8, 4) is 5.75 Å². The lowest BCUT2D eigenvalue weighted by molar-refractivity contribution is -0.154. The lowest BCUT2D eigenvalue weighted by Crippen LogP contribution is -2.52. The van der Waals surface area contributed by atoms with Crippen LogP contribution in [0, 0.1) is 18.8 Å². The Balaban J connectivity index is 1.12. The molecule has 9 rings (SSSR count). The first-order chi connectivity index (χ1) is 24.2. The largest absolute Gasteiger partial charge is 0.423 e. The summed E-state index contributed by atoms with van der Waals surface area (Å²) < 4.78 is 5.48. The van der Waals surface area contributed by atoms with Crippen LogP contribution < -0.4 is 4.74 Å². The molecule has 2 bridgehead atoms. The van der Waals surface area contributed by atoms with Gasteiger partial charge in [-0.05, 0) is 77.7 Å². The van der Waals surface area contributed by atoms with E-state index in [4.69, 9.17) is 16.3 Å². The zero-order valence-corrected chi connectivity index (χ0v) is 27.5. The van der Waals surface area contributed by atoms with Gasteiger partial charge < -0.3 is 4.74 Å². The summed E-state index contributed by atoms with van der Waals surface area (Å²) in [5.74, 6) is -4.97. The summed E-state index contributed by atoms with van der Waals surface area (Å²) in [7, 11) is 0. The number of rotatable bonds is 7. The zero-order chi connectivity index (χ0) is 34.7. The van der Waals surface area contributed by atoms with E-state index in [1.165, 1.54) is 36.4 Å². The first kappa shape index (κ1) is 31.4. The number of amides is 3. The van der Waals surface area contributed by atoms with Gasteiger partial charge in [0.1, 0.15) is 12.3 Å². The summed E-state index contributed by atoms with van der Waals surface area (Å²) in [6.07, 6.45) is 0. The van der Waals surface area contributed by atoms with Gasteiger partial charge >= 0.3 is 5.97 Å². The molecule has 1 aliphatic heterocycles. The van der Waals surface area contributed by atoms with Gasteiger partial charge in [0, 0.05) is 17.4 Å². The Morgan fingerprint density at radius 1 is 0.660 bits per heavy atom.